The van der Waals surface area contributed by atoms with Crippen LogP contribution < -0.4 is 10.1 Å². The number of ether oxygens (including phenoxy) is 1. The van der Waals surface area contributed by atoms with Gasteiger partial charge in [0.2, 0.25) is 0 Å². The molecule has 1 aromatic rings. The van der Waals surface area contributed by atoms with Gasteiger partial charge in [-0.15, -0.1) is 12.4 Å². The van der Waals surface area contributed by atoms with Gasteiger partial charge in [-0.2, -0.15) is 0 Å². The minimum atomic E-state index is 0. The second-order valence-corrected chi connectivity index (χ2v) is 3.29. The number of hydrogen-bond donors (Lipinski definition) is 1. The molecule has 2 nitrogen and oxygen atoms in total. The van der Waals surface area contributed by atoms with Gasteiger partial charge in [0.1, 0.15) is 11.9 Å². The van der Waals surface area contributed by atoms with Crippen LogP contribution >= 0.6 is 24.0 Å². The first-order chi connectivity index (χ1) is 5.84. The summed E-state index contributed by atoms with van der Waals surface area (Å²) in [6, 6.07) is 7.49. The van der Waals surface area contributed by atoms with Gasteiger partial charge in [-0.3, -0.25) is 0 Å². The second-order valence-electron chi connectivity index (χ2n) is 2.86. The predicted molar refractivity (Wildman–Crippen MR) is 56.0 cm³/mol. The Labute approximate surface area is 88.6 Å². The van der Waals surface area contributed by atoms with Gasteiger partial charge in [0.05, 0.1) is 0 Å². The number of benzene rings is 1. The van der Waals surface area contributed by atoms with Gasteiger partial charge in [-0.25, -0.2) is 0 Å². The van der Waals surface area contributed by atoms with Crippen LogP contribution in [0.4, 0.5) is 0 Å². The average Bonchev–Trinajstić information content (AvgIpc) is 1.97. The SMILES string of the molecule is Cl.Clc1cccc(OC2CNC2)c1. The highest BCUT2D eigenvalue weighted by Crippen LogP contribution is 2.18. The lowest BCUT2D eigenvalue weighted by atomic mass is 10.2. The van der Waals surface area contributed by atoms with Crippen LogP contribution in [0.5, 0.6) is 5.75 Å². The van der Waals surface area contributed by atoms with Crippen LogP contribution in [0.2, 0.25) is 5.02 Å². The van der Waals surface area contributed by atoms with E-state index in [1.165, 1.54) is 0 Å². The topological polar surface area (TPSA) is 21.3 Å². The first kappa shape index (κ1) is 10.6. The van der Waals surface area contributed by atoms with E-state index in [-0.39, 0.29) is 12.4 Å². The Morgan fingerprint density at radius 3 is 2.69 bits per heavy atom. The summed E-state index contributed by atoms with van der Waals surface area (Å²) in [5, 5.41) is 3.86. The van der Waals surface area contributed by atoms with Crippen LogP contribution in [0.1, 0.15) is 0 Å². The third kappa shape index (κ3) is 2.76. The summed E-state index contributed by atoms with van der Waals surface area (Å²) in [7, 11) is 0. The summed E-state index contributed by atoms with van der Waals surface area (Å²) in [5.74, 6) is 0.856. The molecule has 1 aliphatic rings. The van der Waals surface area contributed by atoms with Crippen molar-refractivity contribution in [3.63, 3.8) is 0 Å². The normalized spacial score (nSPS) is 15.8. The second kappa shape index (κ2) is 4.70. The van der Waals surface area contributed by atoms with Crippen LogP contribution in [-0.2, 0) is 0 Å². The molecule has 0 amide bonds. The Bertz CT molecular complexity index is 276. The lowest BCUT2D eigenvalue weighted by molar-refractivity contribution is 0.142. The fraction of sp³-hybridized carbons (Fsp3) is 0.333. The fourth-order valence-electron chi connectivity index (χ4n) is 1.08. The third-order valence-electron chi connectivity index (χ3n) is 1.84. The monoisotopic (exact) mass is 219 g/mol. The van der Waals surface area contributed by atoms with Crippen molar-refractivity contribution in [3.05, 3.63) is 29.3 Å². The molecule has 0 atom stereocenters. The molecule has 1 fully saturated rings. The highest BCUT2D eigenvalue weighted by molar-refractivity contribution is 6.30. The van der Waals surface area contributed by atoms with Gasteiger partial charge < -0.3 is 10.1 Å². The lowest BCUT2D eigenvalue weighted by Crippen LogP contribution is -2.50. The van der Waals surface area contributed by atoms with Gasteiger partial charge in [0, 0.05) is 18.1 Å². The van der Waals surface area contributed by atoms with Gasteiger partial charge in [0.15, 0.2) is 0 Å². The Balaban J connectivity index is 0.000000845. The van der Waals surface area contributed by atoms with Crippen molar-refractivity contribution in [3.8, 4) is 5.75 Å². The van der Waals surface area contributed by atoms with E-state index in [4.69, 9.17) is 16.3 Å². The van der Waals surface area contributed by atoms with E-state index in [0.29, 0.717) is 6.10 Å². The summed E-state index contributed by atoms with van der Waals surface area (Å²) >= 11 is 5.79. The number of nitrogens with one attached hydrogen (secondary N) is 1. The predicted octanol–water partition coefficient (Wildman–Crippen LogP) is 2.11. The van der Waals surface area contributed by atoms with Crippen molar-refractivity contribution < 1.29 is 4.74 Å². The van der Waals surface area contributed by atoms with Crippen molar-refractivity contribution in [2.75, 3.05) is 13.1 Å². The molecule has 13 heavy (non-hydrogen) atoms. The van der Waals surface area contributed by atoms with Crippen LogP contribution in [0.3, 0.4) is 0 Å². The van der Waals surface area contributed by atoms with Crippen molar-refractivity contribution in [1.82, 2.24) is 5.32 Å². The molecular formula is C9H11Cl2NO. The van der Waals surface area contributed by atoms with Crippen molar-refractivity contribution >= 4 is 24.0 Å². The van der Waals surface area contributed by atoms with Crippen LogP contribution in [0.15, 0.2) is 24.3 Å². The molecule has 1 saturated heterocycles. The molecule has 0 aromatic heterocycles. The summed E-state index contributed by atoms with van der Waals surface area (Å²) in [5.41, 5.74) is 0. The van der Waals surface area contributed by atoms with Crippen LogP contribution in [0, 0.1) is 0 Å². The zero-order chi connectivity index (χ0) is 8.39. The maximum Gasteiger partial charge on any atom is 0.123 e. The average molecular weight is 220 g/mol. The fourth-order valence-corrected chi connectivity index (χ4v) is 1.26. The van der Waals surface area contributed by atoms with Gasteiger partial charge in [0.25, 0.3) is 0 Å². The first-order valence-corrected chi connectivity index (χ1v) is 4.35. The Morgan fingerprint density at radius 2 is 2.15 bits per heavy atom. The lowest BCUT2D eigenvalue weighted by Gasteiger charge is -2.27. The molecule has 0 saturated carbocycles. The largest absolute Gasteiger partial charge is 0.488 e. The smallest absolute Gasteiger partial charge is 0.123 e. The molecule has 4 heteroatoms. The molecule has 0 unspecified atom stereocenters. The van der Waals surface area contributed by atoms with E-state index in [9.17, 15) is 0 Å². The van der Waals surface area contributed by atoms with Crippen LogP contribution in [-0.4, -0.2) is 19.2 Å². The quantitative estimate of drug-likeness (QED) is 0.824. The van der Waals surface area contributed by atoms with E-state index in [0.717, 1.165) is 23.9 Å². The molecule has 1 aliphatic heterocycles. The Kier molecular flexibility index (Phi) is 3.85. The highest BCUT2D eigenvalue weighted by Gasteiger charge is 2.17. The molecule has 0 spiro atoms. The molecule has 0 radical (unpaired) electrons. The zero-order valence-corrected chi connectivity index (χ0v) is 8.57. The standard InChI is InChI=1S/C9H10ClNO.ClH/c10-7-2-1-3-8(4-7)12-9-5-11-6-9;/h1-4,9,11H,5-6H2;1H. The van der Waals surface area contributed by atoms with Gasteiger partial charge in [-0.1, -0.05) is 17.7 Å². The molecular weight excluding hydrogens is 209 g/mol. The Morgan fingerprint density at radius 1 is 1.38 bits per heavy atom. The molecule has 1 heterocycles. The van der Waals surface area contributed by atoms with E-state index in [1.54, 1.807) is 0 Å². The van der Waals surface area contributed by atoms with E-state index in [2.05, 4.69) is 5.32 Å². The number of rotatable bonds is 2. The minimum absolute atomic E-state index is 0. The van der Waals surface area contributed by atoms with Crippen LogP contribution in [0.25, 0.3) is 0 Å². The Hall–Kier alpha value is -0.440. The molecule has 1 aromatic carbocycles. The maximum atomic E-state index is 5.79. The molecule has 2 rings (SSSR count). The van der Waals surface area contributed by atoms with E-state index >= 15 is 0 Å². The highest BCUT2D eigenvalue weighted by atomic mass is 35.5. The summed E-state index contributed by atoms with van der Waals surface area (Å²) in [6.45, 7) is 1.87. The molecule has 0 aliphatic carbocycles. The zero-order valence-electron chi connectivity index (χ0n) is 7.00. The van der Waals surface area contributed by atoms with E-state index < -0.39 is 0 Å². The summed E-state index contributed by atoms with van der Waals surface area (Å²) in [6.07, 6.45) is 0.323. The minimum Gasteiger partial charge on any atom is -0.488 e. The van der Waals surface area contributed by atoms with E-state index in [1.807, 2.05) is 24.3 Å². The van der Waals surface area contributed by atoms with Gasteiger partial charge >= 0.3 is 0 Å². The van der Waals surface area contributed by atoms with Crippen molar-refractivity contribution in [2.45, 2.75) is 6.10 Å². The van der Waals surface area contributed by atoms with Crippen molar-refractivity contribution in [1.29, 1.82) is 0 Å². The van der Waals surface area contributed by atoms with Crippen molar-refractivity contribution in [2.24, 2.45) is 0 Å². The van der Waals surface area contributed by atoms with Gasteiger partial charge in [-0.05, 0) is 18.2 Å². The molecule has 72 valence electrons. The number of halogens is 2. The first-order valence-electron chi connectivity index (χ1n) is 3.97. The molecule has 0 bridgehead atoms. The summed E-state index contributed by atoms with van der Waals surface area (Å²) in [4.78, 5) is 0. The molecule has 1 N–H and O–H groups in total. The summed E-state index contributed by atoms with van der Waals surface area (Å²) < 4.78 is 5.58. The maximum absolute atomic E-state index is 5.79. The number of hydrogen-bond acceptors (Lipinski definition) is 2. The third-order valence-corrected chi connectivity index (χ3v) is 2.08.